The molecule has 7 heteroatoms. The van der Waals surface area contributed by atoms with Gasteiger partial charge in [-0.25, -0.2) is 4.79 Å². The van der Waals surface area contributed by atoms with Gasteiger partial charge in [0.25, 0.3) is 5.56 Å². The molecule has 0 saturated heterocycles. The van der Waals surface area contributed by atoms with Crippen molar-refractivity contribution < 1.29 is 14.3 Å². The van der Waals surface area contributed by atoms with Crippen LogP contribution >= 0.6 is 12.2 Å². The van der Waals surface area contributed by atoms with Crippen molar-refractivity contribution in [3.8, 4) is 0 Å². The molecule has 0 aromatic carbocycles. The zero-order valence-electron chi connectivity index (χ0n) is 12.6. The molecule has 0 radical (unpaired) electrons. The fourth-order valence-corrected chi connectivity index (χ4v) is 1.91. The number of esters is 1. The normalized spacial score (nSPS) is 10.2. The van der Waals surface area contributed by atoms with Crippen molar-refractivity contribution in [2.45, 2.75) is 39.0 Å². The molecule has 1 aromatic rings. The molecule has 6 nitrogen and oxygen atoms in total. The number of nitrogens with one attached hydrogen (secondary N) is 2. The lowest BCUT2D eigenvalue weighted by Gasteiger charge is -2.04. The van der Waals surface area contributed by atoms with Crippen LogP contribution in [-0.2, 0) is 9.53 Å². The van der Waals surface area contributed by atoms with Crippen LogP contribution in [0.4, 0.5) is 0 Å². The van der Waals surface area contributed by atoms with Gasteiger partial charge in [-0.05, 0) is 37.6 Å². The van der Waals surface area contributed by atoms with E-state index in [1.54, 1.807) is 6.92 Å². The van der Waals surface area contributed by atoms with Crippen LogP contribution in [0, 0.1) is 4.77 Å². The maximum absolute atomic E-state index is 11.7. The van der Waals surface area contributed by atoms with Crippen LogP contribution in [0.15, 0.2) is 23.1 Å². The van der Waals surface area contributed by atoms with Gasteiger partial charge in [-0.1, -0.05) is 19.4 Å². The molecular weight excluding hydrogens is 304 g/mol. The summed E-state index contributed by atoms with van der Waals surface area (Å²) in [5.41, 5.74) is -0.0752. The average Bonchev–Trinajstić information content (AvgIpc) is 2.45. The van der Waals surface area contributed by atoms with Crippen LogP contribution < -0.4 is 5.56 Å². The van der Waals surface area contributed by atoms with Crippen molar-refractivity contribution in [2.75, 3.05) is 6.61 Å². The highest BCUT2D eigenvalue weighted by atomic mass is 32.1. The van der Waals surface area contributed by atoms with E-state index in [1.165, 1.54) is 6.20 Å². The maximum atomic E-state index is 11.7. The van der Waals surface area contributed by atoms with Crippen molar-refractivity contribution >= 4 is 24.0 Å². The van der Waals surface area contributed by atoms with Crippen molar-refractivity contribution in [3.05, 3.63) is 39.0 Å². The molecule has 0 bridgehead atoms. The number of carbonyl (C=O) groups excluding carboxylic acids is 2. The van der Waals surface area contributed by atoms with Crippen molar-refractivity contribution in [2.24, 2.45) is 0 Å². The van der Waals surface area contributed by atoms with Gasteiger partial charge in [-0.2, -0.15) is 0 Å². The van der Waals surface area contributed by atoms with Crippen LogP contribution in [0.3, 0.4) is 0 Å². The summed E-state index contributed by atoms with van der Waals surface area (Å²) in [4.78, 5) is 39.4. The van der Waals surface area contributed by atoms with Gasteiger partial charge in [0.2, 0.25) is 0 Å². The Balaban J connectivity index is 2.21. The van der Waals surface area contributed by atoms with E-state index in [0.717, 1.165) is 19.3 Å². The summed E-state index contributed by atoms with van der Waals surface area (Å²) in [6.45, 7) is 5.55. The first-order valence-corrected chi connectivity index (χ1v) is 7.50. The Labute approximate surface area is 133 Å². The minimum atomic E-state index is -0.676. The largest absolute Gasteiger partial charge is 0.462 e. The Morgan fingerprint density at radius 1 is 1.27 bits per heavy atom. The summed E-state index contributed by atoms with van der Waals surface area (Å²) in [6, 6.07) is 0. The SMILES string of the molecule is C=C(C)C(=O)CCCCCCOC(=O)c1c[nH]c(=S)[nH]c1=O. The molecule has 22 heavy (non-hydrogen) atoms. The van der Waals surface area contributed by atoms with Gasteiger partial charge in [0.05, 0.1) is 6.61 Å². The molecule has 0 fully saturated rings. The van der Waals surface area contributed by atoms with E-state index in [0.29, 0.717) is 18.4 Å². The number of H-pyrrole nitrogens is 2. The number of Topliss-reactive ketones (excluding diaryl/α,β-unsaturated/α-hetero) is 1. The molecule has 0 aliphatic heterocycles. The average molecular weight is 324 g/mol. The molecule has 1 rings (SSSR count). The quantitative estimate of drug-likeness (QED) is 0.315. The Morgan fingerprint density at radius 2 is 1.95 bits per heavy atom. The second-order valence-corrected chi connectivity index (χ2v) is 5.40. The Kier molecular flexibility index (Phi) is 7.45. The molecule has 1 aromatic heterocycles. The highest BCUT2D eigenvalue weighted by Crippen LogP contribution is 2.07. The van der Waals surface area contributed by atoms with E-state index in [2.05, 4.69) is 16.5 Å². The first-order chi connectivity index (χ1) is 10.4. The zero-order chi connectivity index (χ0) is 16.5. The summed E-state index contributed by atoms with van der Waals surface area (Å²) >= 11 is 4.73. The van der Waals surface area contributed by atoms with Crippen LogP contribution in [0.25, 0.3) is 0 Å². The van der Waals surface area contributed by atoms with Crippen molar-refractivity contribution in [1.82, 2.24) is 9.97 Å². The molecule has 120 valence electrons. The highest BCUT2D eigenvalue weighted by molar-refractivity contribution is 7.71. The van der Waals surface area contributed by atoms with Crippen molar-refractivity contribution in [3.63, 3.8) is 0 Å². The summed E-state index contributed by atoms with van der Waals surface area (Å²) in [5, 5.41) is 0. The van der Waals surface area contributed by atoms with Gasteiger partial charge in [-0.3, -0.25) is 14.6 Å². The van der Waals surface area contributed by atoms with Gasteiger partial charge in [0, 0.05) is 12.6 Å². The van der Waals surface area contributed by atoms with E-state index in [9.17, 15) is 14.4 Å². The van der Waals surface area contributed by atoms with E-state index in [1.807, 2.05) is 0 Å². The van der Waals surface area contributed by atoms with E-state index in [4.69, 9.17) is 17.0 Å². The monoisotopic (exact) mass is 324 g/mol. The lowest BCUT2D eigenvalue weighted by molar-refractivity contribution is -0.115. The number of aromatic nitrogens is 2. The third-order valence-corrected chi connectivity index (χ3v) is 3.27. The van der Waals surface area contributed by atoms with Gasteiger partial charge in [0.15, 0.2) is 10.6 Å². The predicted molar refractivity (Wildman–Crippen MR) is 85.4 cm³/mol. The topological polar surface area (TPSA) is 92.0 Å². The van der Waals surface area contributed by atoms with Crippen molar-refractivity contribution in [1.29, 1.82) is 0 Å². The molecule has 1 heterocycles. The lowest BCUT2D eigenvalue weighted by atomic mass is 10.1. The molecule has 0 aliphatic rings. The van der Waals surface area contributed by atoms with Crippen LogP contribution in [0.2, 0.25) is 0 Å². The molecule has 0 unspecified atom stereocenters. The predicted octanol–water partition coefficient (Wildman–Crippen LogP) is 2.68. The molecule has 0 atom stereocenters. The number of rotatable bonds is 9. The number of allylic oxidation sites excluding steroid dienone is 1. The van der Waals surface area contributed by atoms with Crippen LogP contribution in [0.5, 0.6) is 0 Å². The van der Waals surface area contributed by atoms with E-state index in [-0.39, 0.29) is 22.7 Å². The molecule has 0 amide bonds. The number of aromatic amines is 2. The number of unbranched alkanes of at least 4 members (excludes halogenated alkanes) is 3. The first kappa shape index (κ1) is 18.0. The van der Waals surface area contributed by atoms with E-state index < -0.39 is 11.5 Å². The Morgan fingerprint density at radius 3 is 2.59 bits per heavy atom. The van der Waals surface area contributed by atoms with Gasteiger partial charge < -0.3 is 9.72 Å². The van der Waals surface area contributed by atoms with Crippen LogP contribution in [-0.4, -0.2) is 28.3 Å². The number of hydrogen-bond acceptors (Lipinski definition) is 5. The standard InChI is InChI=1S/C15H20N2O4S/c1-10(2)12(18)7-5-3-4-6-8-21-14(20)11-9-16-15(22)17-13(11)19/h9H,1,3-8H2,2H3,(H2,16,17,19,22). The molecular formula is C15H20N2O4S. The first-order valence-electron chi connectivity index (χ1n) is 7.09. The fourth-order valence-electron chi connectivity index (χ4n) is 1.76. The number of ether oxygens (including phenoxy) is 1. The smallest absolute Gasteiger partial charge is 0.345 e. The molecule has 0 aliphatic carbocycles. The third-order valence-electron chi connectivity index (χ3n) is 3.05. The molecule has 0 saturated carbocycles. The highest BCUT2D eigenvalue weighted by Gasteiger charge is 2.11. The van der Waals surface area contributed by atoms with E-state index >= 15 is 0 Å². The minimum Gasteiger partial charge on any atom is -0.462 e. The van der Waals surface area contributed by atoms with Gasteiger partial charge >= 0.3 is 5.97 Å². The molecule has 0 spiro atoms. The Hall–Kier alpha value is -2.02. The van der Waals surface area contributed by atoms with Crippen LogP contribution in [0.1, 0.15) is 49.4 Å². The summed E-state index contributed by atoms with van der Waals surface area (Å²) < 4.78 is 5.18. The summed E-state index contributed by atoms with van der Waals surface area (Å²) in [6.07, 6.45) is 4.97. The number of carbonyl (C=O) groups is 2. The molecule has 2 N–H and O–H groups in total. The second-order valence-electron chi connectivity index (χ2n) is 4.99. The fraction of sp³-hybridized carbons (Fsp3) is 0.467. The summed E-state index contributed by atoms with van der Waals surface area (Å²) in [7, 11) is 0. The lowest BCUT2D eigenvalue weighted by Crippen LogP contribution is -2.20. The minimum absolute atomic E-state index is 0.0899. The maximum Gasteiger partial charge on any atom is 0.345 e. The van der Waals surface area contributed by atoms with Gasteiger partial charge in [0.1, 0.15) is 5.56 Å². The second kappa shape index (κ2) is 9.09. The number of hydrogen-bond donors (Lipinski definition) is 2. The Bertz CT molecular complexity index is 660. The number of ketones is 1. The van der Waals surface area contributed by atoms with Gasteiger partial charge in [-0.15, -0.1) is 0 Å². The third kappa shape index (κ3) is 6.17. The summed E-state index contributed by atoms with van der Waals surface area (Å²) in [5.74, 6) is -0.586. The zero-order valence-corrected chi connectivity index (χ0v) is 13.4.